The van der Waals surface area contributed by atoms with E-state index in [0.717, 1.165) is 55.4 Å². The molecule has 0 fully saturated rings. The molecule has 4 aromatic heterocycles. The lowest BCUT2D eigenvalue weighted by atomic mass is 9.94. The van der Waals surface area contributed by atoms with Crippen molar-refractivity contribution in [1.82, 2.24) is 43.4 Å². The maximum Gasteiger partial charge on any atom is 0.296 e. The second kappa shape index (κ2) is 18.4. The van der Waals surface area contributed by atoms with Gasteiger partial charge in [-0.1, -0.05) is 111 Å². The van der Waals surface area contributed by atoms with Crippen LogP contribution in [0.4, 0.5) is 0 Å². The summed E-state index contributed by atoms with van der Waals surface area (Å²) < 4.78 is 14.7. The van der Waals surface area contributed by atoms with Gasteiger partial charge in [0.25, 0.3) is 6.01 Å². The third kappa shape index (κ3) is 9.63. The summed E-state index contributed by atoms with van der Waals surface area (Å²) in [6.07, 6.45) is 12.6. The molecule has 312 valence electrons. The summed E-state index contributed by atoms with van der Waals surface area (Å²) in [6, 6.07) is 2.63. The molecule has 0 bridgehead atoms. The van der Waals surface area contributed by atoms with Crippen LogP contribution in [-0.4, -0.2) is 50.0 Å². The third-order valence-corrected chi connectivity index (χ3v) is 12.3. The highest BCUT2D eigenvalue weighted by molar-refractivity contribution is 5.17. The van der Waals surface area contributed by atoms with E-state index in [1.165, 1.54) is 48.1 Å². The molecule has 10 nitrogen and oxygen atoms in total. The van der Waals surface area contributed by atoms with E-state index in [1.54, 1.807) is 0 Å². The molecular weight excluding hydrogens is 695 g/mol. The van der Waals surface area contributed by atoms with Crippen molar-refractivity contribution in [2.75, 3.05) is 6.61 Å². The highest BCUT2D eigenvalue weighted by atomic mass is 16.5. The molecule has 0 N–H and O–H groups in total. The van der Waals surface area contributed by atoms with Gasteiger partial charge in [0.05, 0.1) is 17.4 Å². The largest absolute Gasteiger partial charge is 0.462 e. The van der Waals surface area contributed by atoms with E-state index in [-0.39, 0.29) is 0 Å². The SMILES string of the molecule is CC(C)c1cn2c(n1)CCC2C(C)C.CC(C)c1cn2c(n1)OCC2C(C)C.CC(C)c1cnc2n1C(C(C)C)CC2.CC(C)c1nc2n(n1)CCC2C(C)C. The zero-order chi connectivity index (χ0) is 41.2. The van der Waals surface area contributed by atoms with Gasteiger partial charge in [-0.25, -0.2) is 24.6 Å². The van der Waals surface area contributed by atoms with Crippen molar-refractivity contribution in [2.45, 2.75) is 197 Å². The quantitative estimate of drug-likeness (QED) is 0.177. The number of imidazole rings is 3. The second-order valence-electron chi connectivity index (χ2n) is 19.4. The van der Waals surface area contributed by atoms with E-state index in [0.29, 0.717) is 59.6 Å². The molecule has 0 spiro atoms. The van der Waals surface area contributed by atoms with E-state index in [4.69, 9.17) is 4.74 Å². The lowest BCUT2D eigenvalue weighted by Crippen LogP contribution is -2.14. The number of aryl methyl sites for hydroxylation is 3. The first-order valence-corrected chi connectivity index (χ1v) is 22.2. The smallest absolute Gasteiger partial charge is 0.296 e. The van der Waals surface area contributed by atoms with Crippen LogP contribution in [0.5, 0.6) is 6.01 Å². The van der Waals surface area contributed by atoms with Gasteiger partial charge in [0, 0.05) is 67.6 Å². The minimum atomic E-state index is 0.445. The number of nitrogens with zero attached hydrogens (tertiary/aromatic N) is 9. The number of hydrogen-bond donors (Lipinski definition) is 0. The van der Waals surface area contributed by atoms with Crippen LogP contribution in [0, 0.1) is 23.7 Å². The van der Waals surface area contributed by atoms with E-state index in [9.17, 15) is 0 Å². The molecule has 4 aromatic rings. The molecule has 4 aliphatic heterocycles. The van der Waals surface area contributed by atoms with Gasteiger partial charge < -0.3 is 13.9 Å². The van der Waals surface area contributed by atoms with Gasteiger partial charge >= 0.3 is 0 Å². The fraction of sp³-hybridized carbons (Fsp3) is 0.761. The van der Waals surface area contributed by atoms with Gasteiger partial charge in [-0.3, -0.25) is 4.57 Å². The summed E-state index contributed by atoms with van der Waals surface area (Å²) >= 11 is 0. The molecule has 56 heavy (non-hydrogen) atoms. The third-order valence-electron chi connectivity index (χ3n) is 12.3. The molecule has 8 heterocycles. The normalized spacial score (nSPS) is 20.7. The minimum Gasteiger partial charge on any atom is -0.462 e. The highest BCUT2D eigenvalue weighted by Crippen LogP contribution is 2.36. The Morgan fingerprint density at radius 3 is 1.75 bits per heavy atom. The molecule has 10 heteroatoms. The monoisotopic (exact) mass is 772 g/mol. The molecule has 0 saturated heterocycles. The zero-order valence-corrected chi connectivity index (χ0v) is 38.0. The Balaban J connectivity index is 0.000000143. The minimum absolute atomic E-state index is 0.445. The van der Waals surface area contributed by atoms with Gasteiger partial charge in [0.1, 0.15) is 24.1 Å². The fourth-order valence-electron chi connectivity index (χ4n) is 8.57. The van der Waals surface area contributed by atoms with Crippen LogP contribution in [-0.2, 0) is 19.4 Å². The molecule has 4 unspecified atom stereocenters. The van der Waals surface area contributed by atoms with Crippen LogP contribution in [0.15, 0.2) is 18.6 Å². The Hall–Kier alpha value is -3.43. The van der Waals surface area contributed by atoms with E-state index >= 15 is 0 Å². The van der Waals surface area contributed by atoms with Crippen molar-refractivity contribution in [3.05, 3.63) is 59.0 Å². The molecule has 0 aliphatic carbocycles. The first-order chi connectivity index (χ1) is 26.4. The van der Waals surface area contributed by atoms with Crippen molar-refractivity contribution in [1.29, 1.82) is 0 Å². The average Bonchev–Trinajstić information content (AvgIpc) is 3.94. The first kappa shape index (κ1) is 43.7. The van der Waals surface area contributed by atoms with Crippen molar-refractivity contribution in [3.63, 3.8) is 0 Å². The number of rotatable bonds is 8. The Morgan fingerprint density at radius 1 is 0.589 bits per heavy atom. The molecule has 0 radical (unpaired) electrons. The molecule has 8 rings (SSSR count). The van der Waals surface area contributed by atoms with Crippen LogP contribution in [0.3, 0.4) is 0 Å². The predicted octanol–water partition coefficient (Wildman–Crippen LogP) is 11.4. The number of fused-ring (bicyclic) bond motifs is 4. The number of ether oxygens (including phenoxy) is 1. The highest BCUT2D eigenvalue weighted by Gasteiger charge is 2.31. The van der Waals surface area contributed by atoms with Gasteiger partial charge in [0.15, 0.2) is 5.82 Å². The van der Waals surface area contributed by atoms with Gasteiger partial charge in [-0.2, -0.15) is 5.10 Å². The Kier molecular flexibility index (Phi) is 14.4. The predicted molar refractivity (Wildman–Crippen MR) is 229 cm³/mol. The Labute approximate surface area is 339 Å². The van der Waals surface area contributed by atoms with Crippen molar-refractivity contribution in [2.24, 2.45) is 23.7 Å². The number of aromatic nitrogens is 9. The standard InChI is InChI=1S/2C12H20N2.C11H19N3.C11H18N2O/c1-8(2)10-7-14-11(9(3)4)5-6-12(14)13-10;1-8(2)10-5-6-12-13-7-11(9(3)4)14(10)12;1-7(2)9-5-6-14-11(9)12-10(13-14)8(3)4;1-7(2)9-5-13-10(8(3)4)6-14-11(13)12-9/h7-9,11H,5-6H2,1-4H3;7-10H,5-6H2,1-4H3;7-9H,5-6H2,1-4H3;5,7-8,10H,6H2,1-4H3. The lowest BCUT2D eigenvalue weighted by Gasteiger charge is -2.21. The van der Waals surface area contributed by atoms with Crippen LogP contribution >= 0.6 is 0 Å². The Bertz CT molecular complexity index is 1670. The van der Waals surface area contributed by atoms with Crippen molar-refractivity contribution < 1.29 is 4.74 Å². The van der Waals surface area contributed by atoms with Crippen LogP contribution < -0.4 is 4.74 Å². The summed E-state index contributed by atoms with van der Waals surface area (Å²) in [7, 11) is 0. The van der Waals surface area contributed by atoms with Crippen LogP contribution in [0.2, 0.25) is 0 Å². The maximum absolute atomic E-state index is 5.56. The summed E-state index contributed by atoms with van der Waals surface area (Å²) in [5.74, 6) is 10.2. The topological polar surface area (TPSA) is 93.4 Å². The van der Waals surface area contributed by atoms with Gasteiger partial charge in [-0.15, -0.1) is 0 Å². The van der Waals surface area contributed by atoms with Crippen LogP contribution in [0.25, 0.3) is 0 Å². The fourth-order valence-corrected chi connectivity index (χ4v) is 8.57. The average molecular weight is 772 g/mol. The molecule has 4 aliphatic rings. The summed E-state index contributed by atoms with van der Waals surface area (Å²) in [4.78, 5) is 18.3. The van der Waals surface area contributed by atoms with E-state index in [1.807, 2.05) is 0 Å². The second-order valence-corrected chi connectivity index (χ2v) is 19.4. The molecule has 0 amide bonds. The van der Waals surface area contributed by atoms with E-state index < -0.39 is 0 Å². The summed E-state index contributed by atoms with van der Waals surface area (Å²) in [5.41, 5.74) is 3.80. The first-order valence-electron chi connectivity index (χ1n) is 22.2. The van der Waals surface area contributed by atoms with Crippen molar-refractivity contribution in [3.8, 4) is 6.01 Å². The molecule has 0 aromatic carbocycles. The zero-order valence-electron chi connectivity index (χ0n) is 38.0. The van der Waals surface area contributed by atoms with Crippen LogP contribution in [0.1, 0.15) is 218 Å². The van der Waals surface area contributed by atoms with Gasteiger partial charge in [0.2, 0.25) is 0 Å². The summed E-state index contributed by atoms with van der Waals surface area (Å²) in [5, 5.41) is 4.53. The summed E-state index contributed by atoms with van der Waals surface area (Å²) in [6.45, 7) is 37.6. The lowest BCUT2D eigenvalue weighted by molar-refractivity contribution is 0.284. The molecule has 4 atom stereocenters. The maximum atomic E-state index is 5.56. The number of hydrogen-bond acceptors (Lipinski definition) is 6. The van der Waals surface area contributed by atoms with Crippen molar-refractivity contribution >= 4 is 0 Å². The van der Waals surface area contributed by atoms with E-state index in [2.05, 4.69) is 173 Å². The Morgan fingerprint density at radius 2 is 1.18 bits per heavy atom. The van der Waals surface area contributed by atoms with Gasteiger partial charge in [-0.05, 0) is 60.7 Å². The molecular formula is C46H77N9O. The molecule has 0 saturated carbocycles.